The summed E-state index contributed by atoms with van der Waals surface area (Å²) in [7, 11) is 0. The van der Waals surface area contributed by atoms with Gasteiger partial charge in [0, 0.05) is 24.2 Å². The van der Waals surface area contributed by atoms with Crippen LogP contribution in [0.5, 0.6) is 0 Å². The summed E-state index contributed by atoms with van der Waals surface area (Å²) in [6, 6.07) is 8.33. The van der Waals surface area contributed by atoms with Crippen molar-refractivity contribution in [1.29, 1.82) is 0 Å². The van der Waals surface area contributed by atoms with Gasteiger partial charge >= 0.3 is 11.9 Å². The number of aliphatic hydroxyl groups is 1. The van der Waals surface area contributed by atoms with E-state index in [1.54, 1.807) is 0 Å². The van der Waals surface area contributed by atoms with Crippen molar-refractivity contribution in [2.24, 2.45) is 5.16 Å². The zero-order valence-corrected chi connectivity index (χ0v) is 18.5. The van der Waals surface area contributed by atoms with Gasteiger partial charge < -0.3 is 25.5 Å². The van der Waals surface area contributed by atoms with E-state index >= 15 is 0 Å². The van der Waals surface area contributed by atoms with Crippen molar-refractivity contribution in [2.45, 2.75) is 59.1 Å². The van der Waals surface area contributed by atoms with Gasteiger partial charge in [-0.1, -0.05) is 43.3 Å². The second-order valence-electron chi connectivity index (χ2n) is 8.04. The summed E-state index contributed by atoms with van der Waals surface area (Å²) in [5.41, 5.74) is 3.14. The molecule has 0 heterocycles. The molecule has 4 N–H and O–H groups in total. The number of hydrogen-bond donors (Lipinski definition) is 4. The highest BCUT2D eigenvalue weighted by Gasteiger charge is 2.12. The van der Waals surface area contributed by atoms with E-state index in [4.69, 9.17) is 15.1 Å². The molecule has 8 nitrogen and oxygen atoms in total. The molecule has 0 saturated carbocycles. The van der Waals surface area contributed by atoms with Gasteiger partial charge in [0.2, 0.25) is 0 Å². The summed E-state index contributed by atoms with van der Waals surface area (Å²) in [5.74, 6) is -1.99. The number of benzene rings is 1. The minimum Gasteiger partial charge on any atom is -0.478 e. The fraction of sp³-hybridized carbons (Fsp3) is 0.500. The zero-order chi connectivity index (χ0) is 23.3. The maximum Gasteiger partial charge on any atom is 0.328 e. The first-order valence-corrected chi connectivity index (χ1v) is 9.65. The number of carboxylic acid groups (broad SMARTS) is 2. The van der Waals surface area contributed by atoms with Crippen LogP contribution in [0.4, 0.5) is 0 Å². The van der Waals surface area contributed by atoms with Crippen molar-refractivity contribution < 1.29 is 29.7 Å². The Labute approximate surface area is 178 Å². The normalized spacial score (nSPS) is 13.0. The molecule has 0 spiro atoms. The van der Waals surface area contributed by atoms with Gasteiger partial charge in [0.25, 0.3) is 0 Å². The van der Waals surface area contributed by atoms with Gasteiger partial charge in [-0.2, -0.15) is 0 Å². The van der Waals surface area contributed by atoms with Gasteiger partial charge in [-0.15, -0.1) is 0 Å². The van der Waals surface area contributed by atoms with Crippen LogP contribution in [0.25, 0.3) is 0 Å². The van der Waals surface area contributed by atoms with Crippen molar-refractivity contribution in [1.82, 2.24) is 5.32 Å². The number of aliphatic hydroxyl groups excluding tert-OH is 1. The SMILES string of the molecule is C/C(=N\OCC(O)CNC(C)(C)C)c1ccc(C(C)C)cc1.O=C(O)/C=C\C(=O)O. The van der Waals surface area contributed by atoms with Gasteiger partial charge in [0.05, 0.1) is 5.71 Å². The molecule has 0 radical (unpaired) electrons. The molecule has 1 atom stereocenters. The highest BCUT2D eigenvalue weighted by Crippen LogP contribution is 2.15. The Morgan fingerprint density at radius 3 is 2.00 bits per heavy atom. The molecule has 0 aliphatic rings. The average molecular weight is 423 g/mol. The molecule has 168 valence electrons. The van der Waals surface area contributed by atoms with Crippen molar-refractivity contribution in [3.63, 3.8) is 0 Å². The number of rotatable bonds is 9. The molecule has 0 aliphatic carbocycles. The third kappa shape index (κ3) is 14.3. The van der Waals surface area contributed by atoms with E-state index in [-0.39, 0.29) is 12.1 Å². The van der Waals surface area contributed by atoms with E-state index in [1.807, 2.05) is 6.92 Å². The van der Waals surface area contributed by atoms with Crippen LogP contribution in [0.15, 0.2) is 41.6 Å². The van der Waals surface area contributed by atoms with Crippen LogP contribution < -0.4 is 5.32 Å². The zero-order valence-electron chi connectivity index (χ0n) is 18.5. The van der Waals surface area contributed by atoms with Crippen LogP contribution in [0.3, 0.4) is 0 Å². The number of nitrogens with zero attached hydrogens (tertiary/aromatic N) is 1. The molecule has 0 saturated heterocycles. The quantitative estimate of drug-likeness (QED) is 0.273. The summed E-state index contributed by atoms with van der Waals surface area (Å²) in [6.45, 7) is 13.1. The molecule has 1 unspecified atom stereocenters. The van der Waals surface area contributed by atoms with Crippen LogP contribution in [0.2, 0.25) is 0 Å². The standard InChI is InChI=1S/C18H30N2O2.C4H4O4/c1-13(2)15-7-9-16(10-8-15)14(3)20-22-12-17(21)11-19-18(4,5)6;5-3(6)1-2-4(7)8/h7-10,13,17,19,21H,11-12H2,1-6H3;1-2H,(H,5,6)(H,7,8)/b20-14+;2-1-. The van der Waals surface area contributed by atoms with Crippen LogP contribution in [-0.2, 0) is 14.4 Å². The first kappa shape index (κ1) is 27.3. The number of β-amino-alcohol motifs (C(OH)–C–C–N with tert-alkyl or cyclic N) is 1. The fourth-order valence-corrected chi connectivity index (χ4v) is 2.01. The number of carbonyl (C=O) groups is 2. The smallest absolute Gasteiger partial charge is 0.328 e. The summed E-state index contributed by atoms with van der Waals surface area (Å²) in [4.78, 5) is 24.4. The Bertz CT molecular complexity index is 702. The van der Waals surface area contributed by atoms with Gasteiger partial charge in [-0.25, -0.2) is 9.59 Å². The molecule has 0 fully saturated rings. The number of oxime groups is 1. The Kier molecular flexibility index (Phi) is 12.3. The summed E-state index contributed by atoms with van der Waals surface area (Å²) in [5, 5.41) is 32.8. The van der Waals surface area contributed by atoms with Gasteiger partial charge in [-0.3, -0.25) is 0 Å². The average Bonchev–Trinajstić information content (AvgIpc) is 2.64. The minimum atomic E-state index is -1.26. The topological polar surface area (TPSA) is 128 Å². The lowest BCUT2D eigenvalue weighted by Crippen LogP contribution is -2.42. The molecule has 30 heavy (non-hydrogen) atoms. The monoisotopic (exact) mass is 422 g/mol. The molecule has 1 rings (SSSR count). The Morgan fingerprint density at radius 1 is 1.10 bits per heavy atom. The van der Waals surface area contributed by atoms with Crippen molar-refractivity contribution in [2.75, 3.05) is 13.2 Å². The van der Waals surface area contributed by atoms with Crippen LogP contribution in [-0.4, -0.2) is 57.8 Å². The molecule has 0 aliphatic heterocycles. The Hall–Kier alpha value is -2.71. The van der Waals surface area contributed by atoms with Crippen molar-refractivity contribution in [3.8, 4) is 0 Å². The van der Waals surface area contributed by atoms with E-state index in [9.17, 15) is 14.7 Å². The number of nitrogens with one attached hydrogen (secondary N) is 1. The van der Waals surface area contributed by atoms with Crippen LogP contribution in [0, 0.1) is 0 Å². The molecule has 1 aromatic rings. The third-order valence-corrected chi connectivity index (χ3v) is 3.70. The molecule has 1 aromatic carbocycles. The lowest BCUT2D eigenvalue weighted by atomic mass is 10.0. The van der Waals surface area contributed by atoms with E-state index in [1.165, 1.54) is 5.56 Å². The largest absolute Gasteiger partial charge is 0.478 e. The van der Waals surface area contributed by atoms with Crippen LogP contribution in [0.1, 0.15) is 58.6 Å². The maximum atomic E-state index is 9.84. The Morgan fingerprint density at radius 2 is 1.60 bits per heavy atom. The summed E-state index contributed by atoms with van der Waals surface area (Å²) < 4.78 is 0. The molecule has 0 bridgehead atoms. The lowest BCUT2D eigenvalue weighted by molar-refractivity contribution is -0.134. The first-order chi connectivity index (χ1) is 13.8. The van der Waals surface area contributed by atoms with Gasteiger partial charge in [0.15, 0.2) is 0 Å². The first-order valence-electron chi connectivity index (χ1n) is 9.65. The molecule has 0 aromatic heterocycles. The molecule has 8 heteroatoms. The van der Waals surface area contributed by atoms with Crippen molar-refractivity contribution >= 4 is 17.7 Å². The van der Waals surface area contributed by atoms with Gasteiger partial charge in [0.1, 0.15) is 12.7 Å². The maximum absolute atomic E-state index is 9.84. The highest BCUT2D eigenvalue weighted by atomic mass is 16.6. The summed E-state index contributed by atoms with van der Waals surface area (Å²) in [6.07, 6.45) is 0.545. The fourth-order valence-electron chi connectivity index (χ4n) is 2.01. The lowest BCUT2D eigenvalue weighted by Gasteiger charge is -2.22. The second-order valence-corrected chi connectivity index (χ2v) is 8.04. The highest BCUT2D eigenvalue weighted by molar-refractivity contribution is 5.98. The number of carboxylic acids is 2. The second kappa shape index (κ2) is 13.5. The van der Waals surface area contributed by atoms with Gasteiger partial charge in [-0.05, 0) is 44.7 Å². The van der Waals surface area contributed by atoms with Crippen LogP contribution >= 0.6 is 0 Å². The molecular weight excluding hydrogens is 388 g/mol. The van der Waals surface area contributed by atoms with E-state index < -0.39 is 18.0 Å². The Balaban J connectivity index is 0.000000890. The van der Waals surface area contributed by atoms with E-state index in [0.29, 0.717) is 24.6 Å². The van der Waals surface area contributed by atoms with E-state index in [2.05, 4.69) is 69.4 Å². The number of hydrogen-bond acceptors (Lipinski definition) is 6. The summed E-state index contributed by atoms with van der Waals surface area (Å²) >= 11 is 0. The predicted octanol–water partition coefficient (Wildman–Crippen LogP) is 3.01. The van der Waals surface area contributed by atoms with E-state index in [0.717, 1.165) is 11.3 Å². The molecular formula is C22H34N2O6. The number of aliphatic carboxylic acids is 2. The third-order valence-electron chi connectivity index (χ3n) is 3.70. The predicted molar refractivity (Wildman–Crippen MR) is 117 cm³/mol. The van der Waals surface area contributed by atoms with Crippen molar-refractivity contribution in [3.05, 3.63) is 47.5 Å². The molecule has 0 amide bonds. The minimum absolute atomic E-state index is 0.0156.